The van der Waals surface area contributed by atoms with Crippen LogP contribution in [0.25, 0.3) is 0 Å². The molecule has 0 aliphatic rings. The predicted molar refractivity (Wildman–Crippen MR) is 489 cm³/mol. The Morgan fingerprint density at radius 3 is 0.207 bits per heavy atom. The van der Waals surface area contributed by atoms with Gasteiger partial charge in [-0.1, -0.05) is 460 Å². The van der Waals surface area contributed by atoms with Crippen molar-refractivity contribution in [3.63, 3.8) is 0 Å². The summed E-state index contributed by atoms with van der Waals surface area (Å²) in [6, 6.07) is 0. The fourth-order valence-electron chi connectivity index (χ4n) is 12.5. The van der Waals surface area contributed by atoms with E-state index in [1.165, 1.54) is 340 Å². The van der Waals surface area contributed by atoms with E-state index in [2.05, 4.69) is 62.3 Å². The number of hydrogen-bond acceptors (Lipinski definition) is 9. The zero-order chi connectivity index (χ0) is 88.8. The molecule has 18 nitrogen and oxygen atoms in total. The summed E-state index contributed by atoms with van der Waals surface area (Å²) < 4.78 is 0. The molecule has 0 rings (SSSR count). The van der Waals surface area contributed by atoms with Crippen LogP contribution in [0, 0.1) is 0 Å². The smallest absolute Gasteiger partial charge is 0.303 e. The molecule has 0 saturated carbocycles. The number of unbranched alkanes of at least 4 members (excludes halogenated alkanes) is 62. The van der Waals surface area contributed by atoms with Crippen molar-refractivity contribution in [1.29, 1.82) is 0 Å². The highest BCUT2D eigenvalue weighted by atomic mass is 16.4. The molecule has 9 N–H and O–H groups in total. The molecule has 18 heteroatoms. The van der Waals surface area contributed by atoms with Crippen LogP contribution in [0.5, 0.6) is 0 Å². The lowest BCUT2D eigenvalue weighted by atomic mass is 10.0. The molecule has 0 atom stereocenters. The van der Waals surface area contributed by atoms with Gasteiger partial charge in [0.15, 0.2) is 0 Å². The van der Waals surface area contributed by atoms with Crippen molar-refractivity contribution in [2.75, 3.05) is 0 Å². The molecule has 0 heterocycles. The van der Waals surface area contributed by atoms with Gasteiger partial charge >= 0.3 is 53.7 Å². The Hall–Kier alpha value is -4.77. The molecule has 0 aromatic carbocycles. The van der Waals surface area contributed by atoms with Crippen LogP contribution in [-0.4, -0.2) is 99.7 Å². The Labute approximate surface area is 715 Å². The Balaban J connectivity index is -0.000000160. The molecule has 0 spiro atoms. The van der Waals surface area contributed by atoms with Gasteiger partial charge in [-0.25, -0.2) is 0 Å². The molecule has 0 amide bonds. The van der Waals surface area contributed by atoms with Crippen LogP contribution in [-0.2, 0) is 43.2 Å². The molecule has 0 saturated heterocycles. The van der Waals surface area contributed by atoms with Crippen molar-refractivity contribution in [3.05, 3.63) is 0 Å². The van der Waals surface area contributed by atoms with Crippen LogP contribution in [0.15, 0.2) is 0 Å². The molecule has 0 radical (unpaired) electrons. The Morgan fingerprint density at radius 2 is 0.155 bits per heavy atom. The van der Waals surface area contributed by atoms with Crippen LogP contribution in [0.4, 0.5) is 0 Å². The second-order valence-electron chi connectivity index (χ2n) is 32.2. The first-order valence-electron chi connectivity index (χ1n) is 48.9. The van der Waals surface area contributed by atoms with Crippen molar-refractivity contribution in [2.24, 2.45) is 0 Å². The average molecular weight is 1660 g/mol. The zero-order valence-electron chi connectivity index (χ0n) is 77.8. The molecule has 0 aromatic rings. The van der Waals surface area contributed by atoms with Gasteiger partial charge < -0.3 is 46.0 Å². The largest absolute Gasteiger partial charge is 0.481 e. The van der Waals surface area contributed by atoms with E-state index < -0.39 is 53.7 Å². The minimum absolute atomic E-state index is 0.341. The fourth-order valence-corrected chi connectivity index (χ4v) is 12.5. The summed E-state index contributed by atoms with van der Waals surface area (Å²) in [6.45, 7) is 19.9. The molecule has 0 unspecified atom stereocenters. The summed E-state index contributed by atoms with van der Waals surface area (Å²) in [5.41, 5.74) is 0. The van der Waals surface area contributed by atoms with Crippen molar-refractivity contribution in [1.82, 2.24) is 0 Å². The molecule has 0 bridgehead atoms. The van der Waals surface area contributed by atoms with Gasteiger partial charge in [0.25, 0.3) is 0 Å². The summed E-state index contributed by atoms with van der Waals surface area (Å²) in [5, 5.41) is 75.4. The number of aliphatic carboxylic acids is 9. The topological polar surface area (TPSA) is 336 Å². The van der Waals surface area contributed by atoms with Crippen molar-refractivity contribution in [2.45, 2.75) is 576 Å². The van der Waals surface area contributed by atoms with Crippen LogP contribution in [0.3, 0.4) is 0 Å². The highest BCUT2D eigenvalue weighted by molar-refractivity contribution is 5.69. The highest BCUT2D eigenvalue weighted by Gasteiger charge is 2.04. The number of carbonyl (C=O) groups is 9. The van der Waals surface area contributed by atoms with Gasteiger partial charge in [0.2, 0.25) is 0 Å². The third-order valence-electron chi connectivity index (χ3n) is 19.9. The van der Waals surface area contributed by atoms with E-state index in [0.29, 0.717) is 57.8 Å². The first kappa shape index (κ1) is 129. The van der Waals surface area contributed by atoms with E-state index in [1.807, 2.05) is 0 Å². The summed E-state index contributed by atoms with van der Waals surface area (Å²) in [4.78, 5) is 91.4. The van der Waals surface area contributed by atoms with Gasteiger partial charge in [-0.3, -0.25) is 43.2 Å². The quantitative estimate of drug-likeness (QED) is 0.0255. The summed E-state index contributed by atoms with van der Waals surface area (Å²) in [7, 11) is 0. The van der Waals surface area contributed by atoms with E-state index in [1.54, 1.807) is 0 Å². The first-order valence-corrected chi connectivity index (χ1v) is 48.9. The van der Waals surface area contributed by atoms with E-state index in [4.69, 9.17) is 46.0 Å². The maximum absolute atomic E-state index is 10.3. The maximum atomic E-state index is 10.3. The summed E-state index contributed by atoms with van der Waals surface area (Å²) in [5.74, 6) is -5.96. The molecular weight excluding hydrogens is 1470 g/mol. The molecule has 0 aromatic heterocycles. The number of carboxylic acids is 9. The lowest BCUT2D eigenvalue weighted by Gasteiger charge is -2.03. The summed E-state index contributed by atoms with van der Waals surface area (Å²) >= 11 is 0. The molecule has 116 heavy (non-hydrogen) atoms. The first-order chi connectivity index (χ1) is 55.9. The Bertz CT molecular complexity index is 1590. The second-order valence-corrected chi connectivity index (χ2v) is 32.2. The van der Waals surface area contributed by atoms with Crippen molar-refractivity contribution >= 4 is 53.7 Å². The van der Waals surface area contributed by atoms with Crippen LogP contribution in [0.1, 0.15) is 576 Å². The van der Waals surface area contributed by atoms with E-state index in [-0.39, 0.29) is 0 Å². The summed E-state index contributed by atoms with van der Waals surface area (Å²) in [6.07, 6.45) is 89.3. The van der Waals surface area contributed by atoms with Crippen LogP contribution >= 0.6 is 0 Å². The average Bonchev–Trinajstić information content (AvgIpc) is 1.74. The van der Waals surface area contributed by atoms with Gasteiger partial charge in [-0.15, -0.1) is 0 Å². The predicted octanol–water partition coefficient (Wildman–Crippen LogP) is 32.0. The number of hydrogen-bond donors (Lipinski definition) is 9. The van der Waals surface area contributed by atoms with E-state index in [0.717, 1.165) is 116 Å². The van der Waals surface area contributed by atoms with Gasteiger partial charge in [-0.05, 0) is 57.8 Å². The van der Waals surface area contributed by atoms with Gasteiger partial charge in [0, 0.05) is 57.8 Å². The SMILES string of the molecule is CCCCCCCCCC(=O)O.CCCCCCCCCC(=O)O.CCCCCCCCCC(=O)O.CCCCCCCCCC(=O)O.CCCCCCCCCC(=O)O.CCCCCCCCCC(=O)O.CCCCCCCCCC(=O)O.CCCCCCCCCC(=O)O.CCCCCCCCCCCCCCCCCC(=O)O. The van der Waals surface area contributed by atoms with E-state index in [9.17, 15) is 43.2 Å². The molecule has 696 valence electrons. The molecule has 0 aliphatic carbocycles. The van der Waals surface area contributed by atoms with Crippen molar-refractivity contribution in [3.8, 4) is 0 Å². The fraction of sp³-hybridized carbons (Fsp3) is 0.908. The van der Waals surface area contributed by atoms with Gasteiger partial charge in [-0.2, -0.15) is 0 Å². The minimum Gasteiger partial charge on any atom is -0.481 e. The maximum Gasteiger partial charge on any atom is 0.303 e. The molecular formula is C98H196O18. The minimum atomic E-state index is -0.663. The lowest BCUT2D eigenvalue weighted by Crippen LogP contribution is -1.93. The van der Waals surface area contributed by atoms with Crippen LogP contribution in [0.2, 0.25) is 0 Å². The highest BCUT2D eigenvalue weighted by Crippen LogP contribution is 2.17. The standard InChI is InChI=1S/C18H36O2.8C10H20O2/c1-2-3-4-5-6-7-8-9-10-11-12-13-14-15-16-17-18(19)20;8*1-2-3-4-5-6-7-8-9-10(11)12/h2-17H2,1H3,(H,19,20);8*2-9H2,1H3,(H,11,12). The second kappa shape index (κ2) is 126. The van der Waals surface area contributed by atoms with E-state index >= 15 is 0 Å². The molecule has 0 fully saturated rings. The lowest BCUT2D eigenvalue weighted by molar-refractivity contribution is -0.138. The number of rotatable bonds is 80. The van der Waals surface area contributed by atoms with Gasteiger partial charge in [0.05, 0.1) is 0 Å². The zero-order valence-corrected chi connectivity index (χ0v) is 77.8. The Morgan fingerprint density at radius 1 is 0.103 bits per heavy atom. The van der Waals surface area contributed by atoms with Crippen LogP contribution < -0.4 is 0 Å². The molecule has 0 aliphatic heterocycles. The third-order valence-corrected chi connectivity index (χ3v) is 19.9. The number of carboxylic acid groups (broad SMARTS) is 9. The third kappa shape index (κ3) is 180. The monoisotopic (exact) mass is 1660 g/mol. The van der Waals surface area contributed by atoms with Gasteiger partial charge in [0.1, 0.15) is 0 Å². The normalized spacial score (nSPS) is 10.2. The van der Waals surface area contributed by atoms with Crippen molar-refractivity contribution < 1.29 is 89.1 Å². The Kier molecular flexibility index (Phi) is 140.